The van der Waals surface area contributed by atoms with Crippen molar-refractivity contribution in [1.82, 2.24) is 9.78 Å². The van der Waals surface area contributed by atoms with E-state index in [-0.39, 0.29) is 11.3 Å². The van der Waals surface area contributed by atoms with Crippen LogP contribution in [0.15, 0.2) is 64.8 Å². The van der Waals surface area contributed by atoms with Crippen molar-refractivity contribution in [2.75, 3.05) is 0 Å². The molecular formula is C17H14N2O2S. The van der Waals surface area contributed by atoms with Crippen molar-refractivity contribution in [3.05, 3.63) is 75.9 Å². The Morgan fingerprint density at radius 3 is 2.55 bits per heavy atom. The van der Waals surface area contributed by atoms with E-state index in [4.69, 9.17) is 0 Å². The molecule has 0 unspecified atom stereocenters. The van der Waals surface area contributed by atoms with Gasteiger partial charge in [-0.15, -0.1) is 11.3 Å². The van der Waals surface area contributed by atoms with Crippen LogP contribution < -0.4 is 5.56 Å². The van der Waals surface area contributed by atoms with Crippen molar-refractivity contribution < 1.29 is 4.79 Å². The number of Topliss-reactive ketones (excluding diaryl/α,β-unsaturated/α-hetero) is 1. The van der Waals surface area contributed by atoms with E-state index in [9.17, 15) is 9.59 Å². The highest BCUT2D eigenvalue weighted by atomic mass is 32.1. The Kier molecular flexibility index (Phi) is 3.98. The maximum Gasteiger partial charge on any atom is 0.267 e. The van der Waals surface area contributed by atoms with Crippen molar-refractivity contribution in [2.24, 2.45) is 0 Å². The number of hydrogen-bond acceptors (Lipinski definition) is 4. The molecule has 2 heterocycles. The fraction of sp³-hybridized carbons (Fsp3) is 0.118. The van der Waals surface area contributed by atoms with Crippen LogP contribution >= 0.6 is 11.3 Å². The Bertz CT molecular complexity index is 839. The lowest BCUT2D eigenvalue weighted by molar-refractivity contribution is 0.0925. The van der Waals surface area contributed by atoms with Crippen molar-refractivity contribution in [2.45, 2.75) is 13.0 Å². The zero-order valence-electron chi connectivity index (χ0n) is 12.0. The van der Waals surface area contributed by atoms with E-state index in [2.05, 4.69) is 5.10 Å². The molecule has 0 fully saturated rings. The molecule has 5 heteroatoms. The SMILES string of the molecule is C[C@@H](C(=O)c1ccccc1)n1nc(-c2cccs2)ccc1=O. The van der Waals surface area contributed by atoms with E-state index >= 15 is 0 Å². The average Bonchev–Trinajstić information content (AvgIpc) is 3.09. The first-order valence-electron chi connectivity index (χ1n) is 6.90. The lowest BCUT2D eigenvalue weighted by Crippen LogP contribution is -2.30. The zero-order valence-corrected chi connectivity index (χ0v) is 12.8. The minimum Gasteiger partial charge on any atom is -0.292 e. The summed E-state index contributed by atoms with van der Waals surface area (Å²) in [5.74, 6) is -0.126. The van der Waals surface area contributed by atoms with Gasteiger partial charge >= 0.3 is 0 Å². The van der Waals surface area contributed by atoms with Crippen LogP contribution in [0.4, 0.5) is 0 Å². The van der Waals surface area contributed by atoms with E-state index in [0.717, 1.165) is 4.88 Å². The summed E-state index contributed by atoms with van der Waals surface area (Å²) in [5.41, 5.74) is 0.990. The first kappa shape index (κ1) is 14.4. The minimum absolute atomic E-state index is 0.126. The van der Waals surface area contributed by atoms with E-state index in [1.807, 2.05) is 23.6 Å². The first-order chi connectivity index (χ1) is 10.7. The molecule has 0 amide bonds. The van der Waals surface area contributed by atoms with Gasteiger partial charge in [-0.2, -0.15) is 5.10 Å². The number of carbonyl (C=O) groups excluding carboxylic acids is 1. The highest BCUT2D eigenvalue weighted by Gasteiger charge is 2.19. The maximum atomic E-state index is 12.5. The summed E-state index contributed by atoms with van der Waals surface area (Å²) < 4.78 is 1.25. The molecule has 0 aliphatic heterocycles. The Balaban J connectivity index is 1.99. The van der Waals surface area contributed by atoms with Crippen LogP contribution in [0.2, 0.25) is 0 Å². The fourth-order valence-electron chi connectivity index (χ4n) is 2.21. The molecule has 0 saturated carbocycles. The molecule has 0 spiro atoms. The van der Waals surface area contributed by atoms with E-state index in [1.165, 1.54) is 10.7 Å². The summed E-state index contributed by atoms with van der Waals surface area (Å²) in [7, 11) is 0. The zero-order chi connectivity index (χ0) is 15.5. The summed E-state index contributed by atoms with van der Waals surface area (Å²) in [5, 5.41) is 6.30. The lowest BCUT2D eigenvalue weighted by atomic mass is 10.1. The van der Waals surface area contributed by atoms with Gasteiger partial charge in [0.1, 0.15) is 11.7 Å². The number of carbonyl (C=O) groups is 1. The Morgan fingerprint density at radius 2 is 1.86 bits per heavy atom. The van der Waals surface area contributed by atoms with Crippen LogP contribution in [0.5, 0.6) is 0 Å². The minimum atomic E-state index is -0.644. The third kappa shape index (κ3) is 2.76. The molecule has 110 valence electrons. The van der Waals surface area contributed by atoms with Gasteiger partial charge in [0.05, 0.1) is 4.88 Å². The smallest absolute Gasteiger partial charge is 0.267 e. The molecule has 4 nitrogen and oxygen atoms in total. The van der Waals surface area contributed by atoms with E-state index in [1.54, 1.807) is 48.6 Å². The molecule has 1 atom stereocenters. The number of hydrogen-bond donors (Lipinski definition) is 0. The molecule has 22 heavy (non-hydrogen) atoms. The van der Waals surface area contributed by atoms with Crippen molar-refractivity contribution in [1.29, 1.82) is 0 Å². The third-order valence-electron chi connectivity index (χ3n) is 3.40. The quantitative estimate of drug-likeness (QED) is 0.694. The Hall–Kier alpha value is -2.53. The molecule has 0 radical (unpaired) electrons. The molecule has 1 aromatic carbocycles. The van der Waals surface area contributed by atoms with Crippen LogP contribution in [0.1, 0.15) is 23.3 Å². The van der Waals surface area contributed by atoms with Crippen molar-refractivity contribution in [3.8, 4) is 10.6 Å². The second-order valence-electron chi connectivity index (χ2n) is 4.88. The van der Waals surface area contributed by atoms with Crippen LogP contribution in [0, 0.1) is 0 Å². The number of benzene rings is 1. The molecule has 0 aliphatic carbocycles. The summed E-state index contributed by atoms with van der Waals surface area (Å²) >= 11 is 1.54. The predicted molar refractivity (Wildman–Crippen MR) is 87.3 cm³/mol. The summed E-state index contributed by atoms with van der Waals surface area (Å²) in [6, 6.07) is 15.3. The van der Waals surface area contributed by atoms with Gasteiger partial charge in [0.25, 0.3) is 5.56 Å². The number of aromatic nitrogens is 2. The van der Waals surface area contributed by atoms with Crippen molar-refractivity contribution >= 4 is 17.1 Å². The second-order valence-corrected chi connectivity index (χ2v) is 5.83. The molecule has 3 aromatic rings. The summed E-state index contributed by atoms with van der Waals surface area (Å²) in [4.78, 5) is 25.5. The number of thiophene rings is 1. The van der Waals surface area contributed by atoms with Crippen LogP contribution in [0.25, 0.3) is 10.6 Å². The normalized spacial score (nSPS) is 12.0. The molecule has 3 rings (SSSR count). The van der Waals surface area contributed by atoms with Gasteiger partial charge in [-0.3, -0.25) is 9.59 Å². The largest absolute Gasteiger partial charge is 0.292 e. The number of ketones is 1. The third-order valence-corrected chi connectivity index (χ3v) is 4.30. The van der Waals surface area contributed by atoms with Crippen molar-refractivity contribution in [3.63, 3.8) is 0 Å². The van der Waals surface area contributed by atoms with Gasteiger partial charge < -0.3 is 0 Å². The number of nitrogens with zero attached hydrogens (tertiary/aromatic N) is 2. The molecule has 0 N–H and O–H groups in total. The summed E-state index contributed by atoms with van der Waals surface area (Å²) in [6.07, 6.45) is 0. The van der Waals surface area contributed by atoms with Gasteiger partial charge in [0, 0.05) is 11.6 Å². The second kappa shape index (κ2) is 6.07. The lowest BCUT2D eigenvalue weighted by Gasteiger charge is -2.13. The molecular weight excluding hydrogens is 296 g/mol. The van der Waals surface area contributed by atoms with Gasteiger partial charge in [0.15, 0.2) is 5.78 Å². The van der Waals surface area contributed by atoms with Crippen LogP contribution in [0.3, 0.4) is 0 Å². The molecule has 0 saturated heterocycles. The maximum absolute atomic E-state index is 12.5. The highest BCUT2D eigenvalue weighted by molar-refractivity contribution is 7.13. The Morgan fingerprint density at radius 1 is 1.09 bits per heavy atom. The van der Waals surface area contributed by atoms with E-state index in [0.29, 0.717) is 11.3 Å². The molecule has 0 bridgehead atoms. The fourth-order valence-corrected chi connectivity index (χ4v) is 2.90. The first-order valence-corrected chi connectivity index (χ1v) is 7.78. The van der Waals surface area contributed by atoms with Gasteiger partial charge in [-0.25, -0.2) is 4.68 Å². The topological polar surface area (TPSA) is 52.0 Å². The highest BCUT2D eigenvalue weighted by Crippen LogP contribution is 2.22. The predicted octanol–water partition coefficient (Wildman–Crippen LogP) is 3.42. The molecule has 2 aromatic heterocycles. The van der Waals surface area contributed by atoms with E-state index < -0.39 is 6.04 Å². The monoisotopic (exact) mass is 310 g/mol. The standard InChI is InChI=1S/C17H14N2O2S/c1-12(17(21)13-6-3-2-4-7-13)19-16(20)10-9-14(18-19)15-8-5-11-22-15/h2-12H,1H3/t12-/m0/s1. The number of rotatable bonds is 4. The van der Waals surface area contributed by atoms with Crippen LogP contribution in [-0.4, -0.2) is 15.6 Å². The average molecular weight is 310 g/mol. The van der Waals surface area contributed by atoms with Gasteiger partial charge in [-0.1, -0.05) is 36.4 Å². The van der Waals surface area contributed by atoms with Gasteiger partial charge in [-0.05, 0) is 24.4 Å². The van der Waals surface area contributed by atoms with Gasteiger partial charge in [0.2, 0.25) is 0 Å². The molecule has 0 aliphatic rings. The Labute approximate surface area is 131 Å². The van der Waals surface area contributed by atoms with Crippen LogP contribution in [-0.2, 0) is 0 Å². The summed E-state index contributed by atoms with van der Waals surface area (Å²) in [6.45, 7) is 1.70.